The summed E-state index contributed by atoms with van der Waals surface area (Å²) in [6, 6.07) is 12.9. The number of carboxylic acids is 1. The van der Waals surface area contributed by atoms with Crippen LogP contribution >= 0.6 is 0 Å². The van der Waals surface area contributed by atoms with Gasteiger partial charge in [0.15, 0.2) is 0 Å². The summed E-state index contributed by atoms with van der Waals surface area (Å²) in [7, 11) is 0. The van der Waals surface area contributed by atoms with Crippen LogP contribution in [0.2, 0.25) is 0 Å². The molecule has 3 N–H and O–H groups in total. The minimum atomic E-state index is -1.01. The Labute approximate surface area is 170 Å². The van der Waals surface area contributed by atoms with Gasteiger partial charge in [-0.15, -0.1) is 0 Å². The zero-order valence-electron chi connectivity index (χ0n) is 16.5. The Bertz CT molecular complexity index is 973. The predicted octanol–water partition coefficient (Wildman–Crippen LogP) is 4.17. The molecule has 0 aliphatic carbocycles. The number of fused-ring (bicyclic) bond motifs is 1. The third-order valence-electron chi connectivity index (χ3n) is 5.53. The summed E-state index contributed by atoms with van der Waals surface area (Å²) >= 11 is 0. The van der Waals surface area contributed by atoms with E-state index in [1.807, 2.05) is 19.1 Å². The van der Waals surface area contributed by atoms with E-state index in [0.29, 0.717) is 22.5 Å². The van der Waals surface area contributed by atoms with Crippen molar-refractivity contribution in [3.05, 3.63) is 64.9 Å². The molecule has 2 aliphatic heterocycles. The molecule has 6 heteroatoms. The second kappa shape index (κ2) is 8.09. The highest BCUT2D eigenvalue weighted by molar-refractivity contribution is 6.32. The number of nitrogens with one attached hydrogen (secondary N) is 2. The molecule has 2 heterocycles. The van der Waals surface area contributed by atoms with E-state index in [-0.39, 0.29) is 11.5 Å². The van der Waals surface area contributed by atoms with Crippen molar-refractivity contribution in [3.63, 3.8) is 0 Å². The number of allylic oxidation sites excluding steroid dienone is 1. The second-order valence-corrected chi connectivity index (χ2v) is 7.68. The van der Waals surface area contributed by atoms with Gasteiger partial charge in [-0.3, -0.25) is 9.69 Å². The summed E-state index contributed by atoms with van der Waals surface area (Å²) in [5, 5.41) is 15.3. The first-order valence-corrected chi connectivity index (χ1v) is 9.99. The normalized spacial score (nSPS) is 18.2. The molecule has 150 valence electrons. The SMILES string of the molecule is C/C(Nc1ccc(CN2CCCCC2)cc1)=C1/C(=O)Nc2ccc(C(=O)O)cc21. The second-order valence-electron chi connectivity index (χ2n) is 7.68. The highest BCUT2D eigenvalue weighted by Gasteiger charge is 2.27. The molecule has 0 atom stereocenters. The van der Waals surface area contributed by atoms with Crippen LogP contribution in [0.1, 0.15) is 47.7 Å². The van der Waals surface area contributed by atoms with Crippen LogP contribution in [0.5, 0.6) is 0 Å². The Balaban J connectivity index is 1.52. The molecule has 2 aliphatic rings. The zero-order chi connectivity index (χ0) is 20.4. The molecule has 1 fully saturated rings. The van der Waals surface area contributed by atoms with E-state index in [2.05, 4.69) is 27.7 Å². The van der Waals surface area contributed by atoms with Crippen LogP contribution in [0.3, 0.4) is 0 Å². The number of benzene rings is 2. The molecular weight excluding hydrogens is 366 g/mol. The van der Waals surface area contributed by atoms with Gasteiger partial charge in [0.1, 0.15) is 0 Å². The lowest BCUT2D eigenvalue weighted by molar-refractivity contribution is -0.110. The van der Waals surface area contributed by atoms with E-state index < -0.39 is 5.97 Å². The van der Waals surface area contributed by atoms with Crippen molar-refractivity contribution >= 4 is 28.8 Å². The number of piperidine rings is 1. The van der Waals surface area contributed by atoms with Gasteiger partial charge in [0, 0.05) is 29.2 Å². The largest absolute Gasteiger partial charge is 0.478 e. The number of aromatic carboxylic acids is 1. The van der Waals surface area contributed by atoms with Crippen LogP contribution in [0.4, 0.5) is 11.4 Å². The Morgan fingerprint density at radius 1 is 1.10 bits per heavy atom. The molecule has 1 saturated heterocycles. The third kappa shape index (κ3) is 4.17. The number of hydrogen-bond donors (Lipinski definition) is 3. The quantitative estimate of drug-likeness (QED) is 0.667. The zero-order valence-corrected chi connectivity index (χ0v) is 16.5. The number of carbonyl (C=O) groups excluding carboxylic acids is 1. The van der Waals surface area contributed by atoms with Crippen molar-refractivity contribution in [2.24, 2.45) is 0 Å². The lowest BCUT2D eigenvalue weighted by Gasteiger charge is -2.26. The van der Waals surface area contributed by atoms with Gasteiger partial charge in [-0.25, -0.2) is 4.79 Å². The summed E-state index contributed by atoms with van der Waals surface area (Å²) < 4.78 is 0. The molecule has 1 amide bonds. The molecule has 2 aromatic carbocycles. The lowest BCUT2D eigenvalue weighted by Crippen LogP contribution is -2.29. The summed E-state index contributed by atoms with van der Waals surface area (Å²) in [6.07, 6.45) is 3.89. The number of carbonyl (C=O) groups is 2. The number of carboxylic acid groups (broad SMARTS) is 1. The van der Waals surface area contributed by atoms with Gasteiger partial charge >= 0.3 is 5.97 Å². The minimum absolute atomic E-state index is 0.160. The average molecular weight is 391 g/mol. The minimum Gasteiger partial charge on any atom is -0.478 e. The fourth-order valence-electron chi connectivity index (χ4n) is 4.02. The molecule has 0 unspecified atom stereocenters. The first-order chi connectivity index (χ1) is 14.0. The molecule has 4 rings (SSSR count). The van der Waals surface area contributed by atoms with Crippen molar-refractivity contribution in [2.75, 3.05) is 23.7 Å². The van der Waals surface area contributed by atoms with E-state index >= 15 is 0 Å². The maximum absolute atomic E-state index is 12.5. The van der Waals surface area contributed by atoms with E-state index in [0.717, 1.165) is 25.3 Å². The first kappa shape index (κ1) is 19.2. The van der Waals surface area contributed by atoms with Gasteiger partial charge in [-0.05, 0) is 68.8 Å². The smallest absolute Gasteiger partial charge is 0.335 e. The van der Waals surface area contributed by atoms with Gasteiger partial charge in [0.05, 0.1) is 11.1 Å². The fourth-order valence-corrected chi connectivity index (χ4v) is 4.02. The molecule has 0 saturated carbocycles. The van der Waals surface area contributed by atoms with Crippen molar-refractivity contribution in [1.82, 2.24) is 4.90 Å². The number of amides is 1. The van der Waals surface area contributed by atoms with Crippen LogP contribution in [0, 0.1) is 0 Å². The topological polar surface area (TPSA) is 81.7 Å². The molecular formula is C23H25N3O3. The van der Waals surface area contributed by atoms with Crippen molar-refractivity contribution in [3.8, 4) is 0 Å². The van der Waals surface area contributed by atoms with Gasteiger partial charge in [0.2, 0.25) is 0 Å². The predicted molar refractivity (Wildman–Crippen MR) is 114 cm³/mol. The maximum Gasteiger partial charge on any atom is 0.335 e. The maximum atomic E-state index is 12.5. The van der Waals surface area contributed by atoms with Gasteiger partial charge in [-0.1, -0.05) is 18.6 Å². The third-order valence-corrected chi connectivity index (χ3v) is 5.53. The van der Waals surface area contributed by atoms with Crippen LogP contribution in [-0.4, -0.2) is 35.0 Å². The summed E-state index contributed by atoms with van der Waals surface area (Å²) in [4.78, 5) is 26.2. The van der Waals surface area contributed by atoms with E-state index in [1.165, 1.54) is 37.0 Å². The summed E-state index contributed by atoms with van der Waals surface area (Å²) in [5.41, 5.74) is 4.74. The van der Waals surface area contributed by atoms with E-state index in [4.69, 9.17) is 0 Å². The number of nitrogens with zero attached hydrogens (tertiary/aromatic N) is 1. The molecule has 0 aromatic heterocycles. The van der Waals surface area contributed by atoms with Crippen molar-refractivity contribution < 1.29 is 14.7 Å². The van der Waals surface area contributed by atoms with Crippen LogP contribution in [0.15, 0.2) is 48.2 Å². The summed E-state index contributed by atoms with van der Waals surface area (Å²) in [6.45, 7) is 5.13. The van der Waals surface area contributed by atoms with Crippen LogP contribution in [0.25, 0.3) is 5.57 Å². The monoisotopic (exact) mass is 391 g/mol. The highest BCUT2D eigenvalue weighted by Crippen LogP contribution is 2.35. The standard InChI is InChI=1S/C23H25N3O3/c1-15(21-19-13-17(23(28)29)7-10-20(19)25-22(21)27)24-18-8-5-16(6-9-18)14-26-11-3-2-4-12-26/h5-10,13,24H,2-4,11-12,14H2,1H3,(H,25,27)(H,28,29)/b21-15-. The number of rotatable bonds is 5. The van der Waals surface area contributed by atoms with E-state index in [1.54, 1.807) is 6.07 Å². The average Bonchev–Trinajstić information content (AvgIpc) is 3.05. The Morgan fingerprint density at radius 3 is 2.52 bits per heavy atom. The number of likely N-dealkylation sites (tertiary alicyclic amines) is 1. The molecule has 6 nitrogen and oxygen atoms in total. The summed E-state index contributed by atoms with van der Waals surface area (Å²) in [5.74, 6) is -1.24. The van der Waals surface area contributed by atoms with Crippen LogP contribution in [-0.2, 0) is 11.3 Å². The lowest BCUT2D eigenvalue weighted by atomic mass is 10.0. The fraction of sp³-hybridized carbons (Fsp3) is 0.304. The Kier molecular flexibility index (Phi) is 5.36. The van der Waals surface area contributed by atoms with Gasteiger partial charge in [0.25, 0.3) is 5.91 Å². The molecule has 29 heavy (non-hydrogen) atoms. The van der Waals surface area contributed by atoms with Gasteiger partial charge in [-0.2, -0.15) is 0 Å². The Morgan fingerprint density at radius 2 is 1.83 bits per heavy atom. The first-order valence-electron chi connectivity index (χ1n) is 9.99. The van der Waals surface area contributed by atoms with E-state index in [9.17, 15) is 14.7 Å². The number of hydrogen-bond acceptors (Lipinski definition) is 4. The van der Waals surface area contributed by atoms with Crippen molar-refractivity contribution in [1.29, 1.82) is 0 Å². The van der Waals surface area contributed by atoms with Crippen molar-refractivity contribution in [2.45, 2.75) is 32.7 Å². The van der Waals surface area contributed by atoms with Gasteiger partial charge < -0.3 is 15.7 Å². The van der Waals surface area contributed by atoms with Crippen LogP contribution < -0.4 is 10.6 Å². The number of anilines is 2. The highest BCUT2D eigenvalue weighted by atomic mass is 16.4. The molecule has 0 radical (unpaired) electrons. The molecule has 0 bridgehead atoms. The Hall–Kier alpha value is -3.12. The molecule has 0 spiro atoms. The molecule has 2 aromatic rings.